The zero-order valence-corrected chi connectivity index (χ0v) is 12.2. The molecule has 2 N–H and O–H groups in total. The van der Waals surface area contributed by atoms with Gasteiger partial charge in [0.25, 0.3) is 0 Å². The van der Waals surface area contributed by atoms with Gasteiger partial charge in [-0.05, 0) is 37.6 Å². The standard InChI is InChI=1S/C16H22N2O3/c1-13(12-14(19)15-6-5-11-21-15)17-16(20)7-4-10-18-8-2-3-9-18/h2-3,5-6,8-9,11,13-14,19H,4,7,10,12H2,1H3,(H,17,20). The summed E-state index contributed by atoms with van der Waals surface area (Å²) in [5, 5.41) is 12.8. The number of aliphatic hydroxyl groups excluding tert-OH is 1. The molecule has 21 heavy (non-hydrogen) atoms. The maximum Gasteiger partial charge on any atom is 0.220 e. The van der Waals surface area contributed by atoms with Crippen LogP contribution in [0.3, 0.4) is 0 Å². The minimum absolute atomic E-state index is 0.0151. The first-order valence-corrected chi connectivity index (χ1v) is 7.26. The van der Waals surface area contributed by atoms with E-state index in [9.17, 15) is 9.90 Å². The molecule has 114 valence electrons. The predicted molar refractivity (Wildman–Crippen MR) is 79.6 cm³/mol. The first kappa shape index (κ1) is 15.4. The SMILES string of the molecule is CC(CC(O)c1ccco1)NC(=O)CCCn1cccc1. The lowest BCUT2D eigenvalue weighted by Crippen LogP contribution is -2.33. The van der Waals surface area contributed by atoms with Crippen molar-refractivity contribution >= 4 is 5.91 Å². The highest BCUT2D eigenvalue weighted by atomic mass is 16.4. The van der Waals surface area contributed by atoms with Gasteiger partial charge in [0.1, 0.15) is 11.9 Å². The van der Waals surface area contributed by atoms with Gasteiger partial charge in [-0.2, -0.15) is 0 Å². The van der Waals surface area contributed by atoms with Gasteiger partial charge in [0.15, 0.2) is 0 Å². The predicted octanol–water partition coefficient (Wildman–Crippen LogP) is 2.49. The van der Waals surface area contributed by atoms with E-state index in [1.807, 2.05) is 31.5 Å². The molecule has 0 aliphatic carbocycles. The molecule has 0 aliphatic rings. The largest absolute Gasteiger partial charge is 0.467 e. The van der Waals surface area contributed by atoms with Crippen LogP contribution in [0.5, 0.6) is 0 Å². The highest BCUT2D eigenvalue weighted by molar-refractivity contribution is 5.76. The molecule has 2 aromatic heterocycles. The van der Waals surface area contributed by atoms with Crippen LogP contribution >= 0.6 is 0 Å². The Labute approximate surface area is 124 Å². The molecule has 0 aliphatic heterocycles. The van der Waals surface area contributed by atoms with E-state index in [2.05, 4.69) is 9.88 Å². The Balaban J connectivity index is 1.65. The molecule has 2 rings (SSSR count). The molecule has 2 aromatic rings. The summed E-state index contributed by atoms with van der Waals surface area (Å²) in [6.45, 7) is 2.72. The Morgan fingerprint density at radius 2 is 2.14 bits per heavy atom. The van der Waals surface area contributed by atoms with Gasteiger partial charge in [0.2, 0.25) is 5.91 Å². The Kier molecular flexibility index (Phi) is 5.63. The zero-order valence-electron chi connectivity index (χ0n) is 12.2. The average Bonchev–Trinajstić information content (AvgIpc) is 3.11. The zero-order chi connectivity index (χ0) is 15.1. The van der Waals surface area contributed by atoms with Gasteiger partial charge >= 0.3 is 0 Å². The Morgan fingerprint density at radius 3 is 2.81 bits per heavy atom. The summed E-state index contributed by atoms with van der Waals surface area (Å²) >= 11 is 0. The third-order valence-corrected chi connectivity index (χ3v) is 3.34. The fourth-order valence-corrected chi connectivity index (χ4v) is 2.28. The molecule has 2 heterocycles. The van der Waals surface area contributed by atoms with Crippen molar-refractivity contribution in [2.24, 2.45) is 0 Å². The second-order valence-electron chi connectivity index (χ2n) is 5.26. The van der Waals surface area contributed by atoms with Crippen molar-refractivity contribution in [3.63, 3.8) is 0 Å². The summed E-state index contributed by atoms with van der Waals surface area (Å²) < 4.78 is 7.19. The van der Waals surface area contributed by atoms with Gasteiger partial charge in [0, 0.05) is 37.8 Å². The van der Waals surface area contributed by atoms with E-state index in [1.54, 1.807) is 12.1 Å². The third-order valence-electron chi connectivity index (χ3n) is 3.34. The number of aryl methyl sites for hydroxylation is 1. The van der Waals surface area contributed by atoms with Gasteiger partial charge in [-0.25, -0.2) is 0 Å². The van der Waals surface area contributed by atoms with Crippen LogP contribution in [-0.2, 0) is 11.3 Å². The Morgan fingerprint density at radius 1 is 1.38 bits per heavy atom. The number of aliphatic hydroxyl groups is 1. The van der Waals surface area contributed by atoms with Crippen LogP contribution in [0.4, 0.5) is 0 Å². The van der Waals surface area contributed by atoms with Gasteiger partial charge in [-0.15, -0.1) is 0 Å². The van der Waals surface area contributed by atoms with Gasteiger partial charge in [-0.1, -0.05) is 0 Å². The monoisotopic (exact) mass is 290 g/mol. The number of furan rings is 1. The molecule has 0 radical (unpaired) electrons. The molecule has 0 saturated carbocycles. The number of rotatable bonds is 8. The minimum Gasteiger partial charge on any atom is -0.467 e. The molecule has 5 nitrogen and oxygen atoms in total. The molecule has 0 fully saturated rings. The molecule has 0 aromatic carbocycles. The highest BCUT2D eigenvalue weighted by Gasteiger charge is 2.16. The van der Waals surface area contributed by atoms with Gasteiger partial charge < -0.3 is 19.4 Å². The van der Waals surface area contributed by atoms with Crippen molar-refractivity contribution in [2.75, 3.05) is 0 Å². The first-order chi connectivity index (χ1) is 10.1. The molecular weight excluding hydrogens is 268 g/mol. The van der Waals surface area contributed by atoms with Crippen LogP contribution in [0, 0.1) is 0 Å². The lowest BCUT2D eigenvalue weighted by molar-refractivity contribution is -0.122. The van der Waals surface area contributed by atoms with E-state index in [1.165, 1.54) is 6.26 Å². The van der Waals surface area contributed by atoms with E-state index < -0.39 is 6.10 Å². The number of hydrogen-bond acceptors (Lipinski definition) is 3. The second-order valence-corrected chi connectivity index (χ2v) is 5.26. The fourth-order valence-electron chi connectivity index (χ4n) is 2.28. The van der Waals surface area contributed by atoms with Crippen LogP contribution in [-0.4, -0.2) is 21.6 Å². The van der Waals surface area contributed by atoms with E-state index >= 15 is 0 Å². The smallest absolute Gasteiger partial charge is 0.220 e. The summed E-state index contributed by atoms with van der Waals surface area (Å²) in [7, 11) is 0. The maximum absolute atomic E-state index is 11.8. The van der Waals surface area contributed by atoms with Crippen LogP contribution in [0.2, 0.25) is 0 Å². The van der Waals surface area contributed by atoms with Crippen molar-refractivity contribution in [3.8, 4) is 0 Å². The Bertz CT molecular complexity index is 520. The number of aromatic nitrogens is 1. The molecular formula is C16H22N2O3. The van der Waals surface area contributed by atoms with Crippen molar-refractivity contribution in [1.82, 2.24) is 9.88 Å². The van der Waals surface area contributed by atoms with Crippen molar-refractivity contribution < 1.29 is 14.3 Å². The molecule has 0 saturated heterocycles. The molecule has 0 bridgehead atoms. The van der Waals surface area contributed by atoms with Gasteiger partial charge in [0.05, 0.1) is 6.26 Å². The Hall–Kier alpha value is -2.01. The number of nitrogens with one attached hydrogen (secondary N) is 1. The second kappa shape index (κ2) is 7.69. The first-order valence-electron chi connectivity index (χ1n) is 7.26. The molecule has 2 unspecified atom stereocenters. The minimum atomic E-state index is -0.685. The number of nitrogens with zero attached hydrogens (tertiary/aromatic N) is 1. The van der Waals surface area contributed by atoms with Crippen molar-refractivity contribution in [2.45, 2.75) is 44.9 Å². The lowest BCUT2D eigenvalue weighted by atomic mass is 10.1. The van der Waals surface area contributed by atoms with Crippen LogP contribution in [0.25, 0.3) is 0 Å². The summed E-state index contributed by atoms with van der Waals surface area (Å²) in [4.78, 5) is 11.8. The number of carbonyl (C=O) groups is 1. The van der Waals surface area contributed by atoms with Gasteiger partial charge in [-0.3, -0.25) is 4.79 Å². The summed E-state index contributed by atoms with van der Waals surface area (Å²) in [5.74, 6) is 0.546. The van der Waals surface area contributed by atoms with Crippen molar-refractivity contribution in [3.05, 3.63) is 48.7 Å². The molecule has 0 spiro atoms. The highest BCUT2D eigenvalue weighted by Crippen LogP contribution is 2.18. The summed E-state index contributed by atoms with van der Waals surface area (Å²) in [6, 6.07) is 7.32. The number of carbonyl (C=O) groups excluding carboxylic acids is 1. The summed E-state index contributed by atoms with van der Waals surface area (Å²) in [6.07, 6.45) is 6.54. The normalized spacial score (nSPS) is 13.8. The number of hydrogen-bond donors (Lipinski definition) is 2. The maximum atomic E-state index is 11.8. The van der Waals surface area contributed by atoms with E-state index in [0.29, 0.717) is 18.6 Å². The third kappa shape index (κ3) is 5.11. The van der Waals surface area contributed by atoms with E-state index in [4.69, 9.17) is 4.42 Å². The fraction of sp³-hybridized carbons (Fsp3) is 0.438. The summed E-state index contributed by atoms with van der Waals surface area (Å²) in [5.41, 5.74) is 0. The van der Waals surface area contributed by atoms with Crippen LogP contribution < -0.4 is 5.32 Å². The lowest BCUT2D eigenvalue weighted by Gasteiger charge is -2.16. The quantitative estimate of drug-likeness (QED) is 0.785. The molecule has 1 amide bonds. The van der Waals surface area contributed by atoms with E-state index in [0.717, 1.165) is 13.0 Å². The molecule has 5 heteroatoms. The van der Waals surface area contributed by atoms with Crippen LogP contribution in [0.15, 0.2) is 47.3 Å². The average molecular weight is 290 g/mol. The molecule has 2 atom stereocenters. The van der Waals surface area contributed by atoms with Crippen LogP contribution in [0.1, 0.15) is 38.1 Å². The van der Waals surface area contributed by atoms with E-state index in [-0.39, 0.29) is 11.9 Å². The van der Waals surface area contributed by atoms with Crippen molar-refractivity contribution in [1.29, 1.82) is 0 Å². The number of amides is 1. The topological polar surface area (TPSA) is 67.4 Å².